The van der Waals surface area contributed by atoms with E-state index in [0.717, 1.165) is 24.1 Å². The summed E-state index contributed by atoms with van der Waals surface area (Å²) < 4.78 is 29.1. The molecule has 23 heavy (non-hydrogen) atoms. The maximum atomic E-state index is 13.1. The minimum absolute atomic E-state index is 0.202. The van der Waals surface area contributed by atoms with Gasteiger partial charge in [-0.25, -0.2) is 4.39 Å². The summed E-state index contributed by atoms with van der Waals surface area (Å²) in [6.45, 7) is 1.41. The van der Waals surface area contributed by atoms with Crippen LogP contribution in [0, 0.1) is 5.82 Å². The molecule has 0 atom stereocenters. The van der Waals surface area contributed by atoms with Crippen molar-refractivity contribution in [3.8, 4) is 17.2 Å². The zero-order valence-electron chi connectivity index (χ0n) is 13.7. The summed E-state index contributed by atoms with van der Waals surface area (Å²) >= 11 is 0. The van der Waals surface area contributed by atoms with Crippen molar-refractivity contribution >= 4 is 0 Å². The molecule has 0 bridgehead atoms. The summed E-state index contributed by atoms with van der Waals surface area (Å²) in [5, 5.41) is 3.34. The van der Waals surface area contributed by atoms with Gasteiger partial charge in [-0.3, -0.25) is 0 Å². The van der Waals surface area contributed by atoms with Gasteiger partial charge in [-0.2, -0.15) is 0 Å². The van der Waals surface area contributed by atoms with E-state index < -0.39 is 0 Å². The quantitative estimate of drug-likeness (QED) is 0.759. The molecule has 5 heteroatoms. The Morgan fingerprint density at radius 1 is 0.913 bits per heavy atom. The second kappa shape index (κ2) is 8.39. The average molecular weight is 319 g/mol. The van der Waals surface area contributed by atoms with Crippen molar-refractivity contribution in [1.29, 1.82) is 0 Å². The second-order valence-electron chi connectivity index (χ2n) is 5.09. The molecule has 2 aromatic carbocycles. The molecule has 0 saturated heterocycles. The molecule has 0 unspecified atom stereocenters. The fraction of sp³-hybridized carbons (Fsp3) is 0.333. The van der Waals surface area contributed by atoms with Crippen LogP contribution >= 0.6 is 0 Å². The van der Waals surface area contributed by atoms with E-state index in [0.29, 0.717) is 23.8 Å². The molecule has 2 aromatic rings. The zero-order valence-corrected chi connectivity index (χ0v) is 13.7. The molecule has 0 fully saturated rings. The number of rotatable bonds is 8. The molecule has 0 heterocycles. The van der Waals surface area contributed by atoms with Crippen molar-refractivity contribution in [3.05, 3.63) is 53.3 Å². The number of hydrogen-bond acceptors (Lipinski definition) is 4. The van der Waals surface area contributed by atoms with Gasteiger partial charge in [0, 0.05) is 6.54 Å². The normalized spacial score (nSPS) is 10.4. The molecule has 4 nitrogen and oxygen atoms in total. The first-order valence-electron chi connectivity index (χ1n) is 7.42. The molecule has 0 aromatic heterocycles. The molecule has 0 aliphatic carbocycles. The molecule has 2 rings (SSSR count). The molecule has 0 aliphatic rings. The van der Waals surface area contributed by atoms with Crippen LogP contribution < -0.4 is 19.5 Å². The van der Waals surface area contributed by atoms with Gasteiger partial charge in [-0.05, 0) is 48.4 Å². The van der Waals surface area contributed by atoms with Gasteiger partial charge in [0.05, 0.1) is 21.3 Å². The predicted octanol–water partition coefficient (Wildman–Crippen LogP) is 3.18. The fourth-order valence-electron chi connectivity index (χ4n) is 2.40. The van der Waals surface area contributed by atoms with Crippen LogP contribution in [0.4, 0.5) is 4.39 Å². The van der Waals surface area contributed by atoms with E-state index in [2.05, 4.69) is 5.32 Å². The van der Waals surface area contributed by atoms with Crippen LogP contribution in [0.25, 0.3) is 0 Å². The summed E-state index contributed by atoms with van der Waals surface area (Å²) in [5.41, 5.74) is 2.00. The van der Waals surface area contributed by atoms with Gasteiger partial charge in [0.1, 0.15) is 5.82 Å². The van der Waals surface area contributed by atoms with E-state index in [4.69, 9.17) is 14.2 Å². The number of benzene rings is 2. The summed E-state index contributed by atoms with van der Waals surface area (Å²) in [6.07, 6.45) is 0.766. The van der Waals surface area contributed by atoms with E-state index in [-0.39, 0.29) is 5.82 Å². The van der Waals surface area contributed by atoms with Crippen molar-refractivity contribution in [2.45, 2.75) is 13.0 Å². The van der Waals surface area contributed by atoms with Crippen molar-refractivity contribution in [2.75, 3.05) is 27.9 Å². The number of methoxy groups -OCH3 is 3. The molecule has 1 N–H and O–H groups in total. The Kier molecular flexibility index (Phi) is 6.23. The molecule has 0 radical (unpaired) electrons. The van der Waals surface area contributed by atoms with Crippen molar-refractivity contribution in [2.24, 2.45) is 0 Å². The average Bonchev–Trinajstić information content (AvgIpc) is 2.57. The Bertz CT molecular complexity index is 621. The smallest absolute Gasteiger partial charge is 0.203 e. The van der Waals surface area contributed by atoms with Crippen molar-refractivity contribution in [3.63, 3.8) is 0 Å². The zero-order chi connectivity index (χ0) is 16.7. The largest absolute Gasteiger partial charge is 0.493 e. The van der Waals surface area contributed by atoms with Crippen LogP contribution in [0.5, 0.6) is 17.2 Å². The van der Waals surface area contributed by atoms with E-state index in [1.165, 1.54) is 6.07 Å². The van der Waals surface area contributed by atoms with Crippen LogP contribution in [0.15, 0.2) is 36.4 Å². The molecule has 0 amide bonds. The van der Waals surface area contributed by atoms with E-state index >= 15 is 0 Å². The Morgan fingerprint density at radius 2 is 1.61 bits per heavy atom. The lowest BCUT2D eigenvalue weighted by molar-refractivity contribution is 0.323. The van der Waals surface area contributed by atoms with Crippen LogP contribution in [0.3, 0.4) is 0 Å². The molecule has 0 aliphatic heterocycles. The highest BCUT2D eigenvalue weighted by molar-refractivity contribution is 5.53. The molecule has 0 saturated carbocycles. The lowest BCUT2D eigenvalue weighted by atomic mass is 10.1. The van der Waals surface area contributed by atoms with Crippen LogP contribution in [-0.4, -0.2) is 27.9 Å². The minimum atomic E-state index is -0.202. The van der Waals surface area contributed by atoms with E-state index in [1.54, 1.807) is 33.5 Å². The van der Waals surface area contributed by atoms with Crippen molar-refractivity contribution in [1.82, 2.24) is 5.32 Å². The molecular formula is C18H22FNO3. The third kappa shape index (κ3) is 4.60. The Balaban J connectivity index is 1.95. The first kappa shape index (κ1) is 17.1. The monoisotopic (exact) mass is 319 g/mol. The fourth-order valence-corrected chi connectivity index (χ4v) is 2.40. The molecule has 124 valence electrons. The third-order valence-corrected chi connectivity index (χ3v) is 3.53. The van der Waals surface area contributed by atoms with Crippen LogP contribution in [0.1, 0.15) is 11.1 Å². The highest BCUT2D eigenvalue weighted by atomic mass is 19.1. The summed E-state index contributed by atoms with van der Waals surface area (Å²) in [4.78, 5) is 0. The predicted molar refractivity (Wildman–Crippen MR) is 87.9 cm³/mol. The van der Waals surface area contributed by atoms with Gasteiger partial charge < -0.3 is 19.5 Å². The number of ether oxygens (including phenoxy) is 3. The lowest BCUT2D eigenvalue weighted by Gasteiger charge is -2.14. The lowest BCUT2D eigenvalue weighted by Crippen LogP contribution is -2.17. The number of halogens is 1. The molecular weight excluding hydrogens is 297 g/mol. The van der Waals surface area contributed by atoms with Crippen LogP contribution in [0.2, 0.25) is 0 Å². The van der Waals surface area contributed by atoms with Gasteiger partial charge in [0.2, 0.25) is 5.75 Å². The van der Waals surface area contributed by atoms with Gasteiger partial charge in [-0.15, -0.1) is 0 Å². The minimum Gasteiger partial charge on any atom is -0.493 e. The Hall–Kier alpha value is -2.27. The Morgan fingerprint density at radius 3 is 2.17 bits per heavy atom. The highest BCUT2D eigenvalue weighted by Gasteiger charge is 2.12. The first-order chi connectivity index (χ1) is 11.2. The van der Waals surface area contributed by atoms with Gasteiger partial charge >= 0.3 is 0 Å². The van der Waals surface area contributed by atoms with Gasteiger partial charge in [-0.1, -0.05) is 12.1 Å². The first-order valence-corrected chi connectivity index (χ1v) is 7.42. The van der Waals surface area contributed by atoms with E-state index in [1.807, 2.05) is 18.2 Å². The standard InChI is InChI=1S/C18H22FNO3/c1-21-16-10-14(11-17(22-2)18(16)23-3)12-20-8-7-13-5-4-6-15(19)9-13/h4-6,9-11,20H,7-8,12H2,1-3H3. The maximum Gasteiger partial charge on any atom is 0.203 e. The second-order valence-corrected chi connectivity index (χ2v) is 5.09. The van der Waals surface area contributed by atoms with Crippen LogP contribution in [-0.2, 0) is 13.0 Å². The van der Waals surface area contributed by atoms with Crippen molar-refractivity contribution < 1.29 is 18.6 Å². The summed E-state index contributed by atoms with van der Waals surface area (Å²) in [7, 11) is 4.77. The summed E-state index contributed by atoms with van der Waals surface area (Å²) in [5.74, 6) is 1.65. The van der Waals surface area contributed by atoms with E-state index in [9.17, 15) is 4.39 Å². The maximum absolute atomic E-state index is 13.1. The number of hydrogen-bond donors (Lipinski definition) is 1. The molecule has 0 spiro atoms. The van der Waals surface area contributed by atoms with Gasteiger partial charge in [0.15, 0.2) is 11.5 Å². The van der Waals surface area contributed by atoms with Gasteiger partial charge in [0.25, 0.3) is 0 Å². The topological polar surface area (TPSA) is 39.7 Å². The Labute approximate surface area is 136 Å². The highest BCUT2D eigenvalue weighted by Crippen LogP contribution is 2.38. The number of nitrogens with one attached hydrogen (secondary N) is 1. The summed E-state index contributed by atoms with van der Waals surface area (Å²) in [6, 6.07) is 10.5. The third-order valence-electron chi connectivity index (χ3n) is 3.53. The SMILES string of the molecule is COc1cc(CNCCc2cccc(F)c2)cc(OC)c1OC.